The van der Waals surface area contributed by atoms with Crippen LogP contribution in [0.2, 0.25) is 0 Å². The summed E-state index contributed by atoms with van der Waals surface area (Å²) in [5, 5.41) is 0. The van der Waals surface area contributed by atoms with E-state index < -0.39 is 0 Å². The maximum Gasteiger partial charge on any atom is 0.126 e. The average molecular weight is 224 g/mol. The van der Waals surface area contributed by atoms with Crippen LogP contribution in [-0.4, -0.2) is 22.3 Å². The van der Waals surface area contributed by atoms with Gasteiger partial charge in [-0.1, -0.05) is 0 Å². The summed E-state index contributed by atoms with van der Waals surface area (Å²) in [4.78, 5) is 4.31. The highest BCUT2D eigenvalue weighted by molar-refractivity contribution is 4.98. The second kappa shape index (κ2) is 5.43. The van der Waals surface area contributed by atoms with Crippen molar-refractivity contribution < 1.29 is 4.74 Å². The number of aryl methyl sites for hydroxylation is 1. The van der Waals surface area contributed by atoms with Gasteiger partial charge < -0.3 is 9.30 Å². The third kappa shape index (κ3) is 2.61. The van der Waals surface area contributed by atoms with Crippen LogP contribution in [0.25, 0.3) is 0 Å². The van der Waals surface area contributed by atoms with Crippen LogP contribution in [0.3, 0.4) is 0 Å². The van der Waals surface area contributed by atoms with E-state index in [2.05, 4.69) is 10.4 Å². The Kier molecular flexibility index (Phi) is 3.93. The van der Waals surface area contributed by atoms with Crippen LogP contribution in [0, 0.1) is 0 Å². The minimum Gasteiger partial charge on any atom is -0.378 e. The van der Waals surface area contributed by atoms with Crippen LogP contribution in [0.4, 0.5) is 0 Å². The first-order valence-corrected chi connectivity index (χ1v) is 5.86. The normalized spacial score (nSPS) is 22.5. The van der Waals surface area contributed by atoms with E-state index in [1.165, 1.54) is 12.8 Å². The zero-order valence-electron chi connectivity index (χ0n) is 9.72. The molecule has 0 radical (unpaired) electrons. The largest absolute Gasteiger partial charge is 0.378 e. The minimum atomic E-state index is 0.115. The fourth-order valence-electron chi connectivity index (χ4n) is 2.22. The van der Waals surface area contributed by atoms with Crippen molar-refractivity contribution in [1.82, 2.24) is 15.0 Å². The second-order valence-electron chi connectivity index (χ2n) is 4.33. The lowest BCUT2D eigenvalue weighted by molar-refractivity contribution is 0.0992. The SMILES string of the molecule is Cn1ccnc1C(CCC1CCCO1)NN. The molecule has 90 valence electrons. The second-order valence-corrected chi connectivity index (χ2v) is 4.33. The van der Waals surface area contributed by atoms with Crippen molar-refractivity contribution in [3.05, 3.63) is 18.2 Å². The van der Waals surface area contributed by atoms with E-state index in [-0.39, 0.29) is 6.04 Å². The first kappa shape index (κ1) is 11.6. The van der Waals surface area contributed by atoms with E-state index >= 15 is 0 Å². The Morgan fingerprint density at radius 3 is 3.19 bits per heavy atom. The van der Waals surface area contributed by atoms with E-state index in [4.69, 9.17) is 10.6 Å². The standard InChI is InChI=1S/C11H20N4O/c1-15-7-6-13-11(15)10(14-12)5-4-9-3-2-8-16-9/h6-7,9-10,14H,2-5,8,12H2,1H3. The molecule has 16 heavy (non-hydrogen) atoms. The molecular weight excluding hydrogens is 204 g/mol. The zero-order valence-corrected chi connectivity index (χ0v) is 9.72. The Morgan fingerprint density at radius 2 is 2.62 bits per heavy atom. The van der Waals surface area contributed by atoms with Crippen LogP contribution in [-0.2, 0) is 11.8 Å². The van der Waals surface area contributed by atoms with Gasteiger partial charge in [-0.05, 0) is 25.7 Å². The highest BCUT2D eigenvalue weighted by Crippen LogP contribution is 2.22. The summed E-state index contributed by atoms with van der Waals surface area (Å²) in [6, 6.07) is 0.115. The van der Waals surface area contributed by atoms with E-state index in [1.807, 2.05) is 17.8 Å². The number of hydrazine groups is 1. The first-order chi connectivity index (χ1) is 7.81. The molecule has 2 heterocycles. The third-order valence-corrected chi connectivity index (χ3v) is 3.17. The molecule has 0 aromatic carbocycles. The number of nitrogens with zero attached hydrogens (tertiary/aromatic N) is 2. The van der Waals surface area contributed by atoms with Gasteiger partial charge in [-0.2, -0.15) is 0 Å². The lowest BCUT2D eigenvalue weighted by Crippen LogP contribution is -2.30. The maximum atomic E-state index is 5.60. The van der Waals surface area contributed by atoms with Gasteiger partial charge >= 0.3 is 0 Å². The van der Waals surface area contributed by atoms with Crippen molar-refractivity contribution in [2.75, 3.05) is 6.61 Å². The molecule has 0 spiro atoms. The summed E-state index contributed by atoms with van der Waals surface area (Å²) >= 11 is 0. The van der Waals surface area contributed by atoms with Gasteiger partial charge in [-0.3, -0.25) is 5.84 Å². The van der Waals surface area contributed by atoms with E-state index in [1.54, 1.807) is 6.20 Å². The van der Waals surface area contributed by atoms with Crippen LogP contribution in [0.1, 0.15) is 37.5 Å². The molecule has 1 aromatic rings. The van der Waals surface area contributed by atoms with Gasteiger partial charge in [0.15, 0.2) is 0 Å². The zero-order chi connectivity index (χ0) is 11.4. The van der Waals surface area contributed by atoms with Crippen molar-refractivity contribution in [2.45, 2.75) is 37.8 Å². The summed E-state index contributed by atoms with van der Waals surface area (Å²) < 4.78 is 7.60. The van der Waals surface area contributed by atoms with Crippen LogP contribution >= 0.6 is 0 Å². The topological polar surface area (TPSA) is 65.1 Å². The highest BCUT2D eigenvalue weighted by Gasteiger charge is 2.20. The van der Waals surface area contributed by atoms with E-state index in [0.717, 1.165) is 25.3 Å². The fraction of sp³-hybridized carbons (Fsp3) is 0.727. The average Bonchev–Trinajstić information content (AvgIpc) is 2.92. The summed E-state index contributed by atoms with van der Waals surface area (Å²) in [5.41, 5.74) is 2.83. The molecule has 0 amide bonds. The fourth-order valence-corrected chi connectivity index (χ4v) is 2.22. The Labute approximate surface area is 96.0 Å². The summed E-state index contributed by atoms with van der Waals surface area (Å²) in [6.07, 6.45) is 8.52. The summed E-state index contributed by atoms with van der Waals surface area (Å²) in [5.74, 6) is 6.56. The minimum absolute atomic E-state index is 0.115. The molecule has 1 aromatic heterocycles. The Bertz CT molecular complexity index is 320. The quantitative estimate of drug-likeness (QED) is 0.575. The number of hydrogen-bond donors (Lipinski definition) is 2. The van der Waals surface area contributed by atoms with Crippen molar-refractivity contribution in [1.29, 1.82) is 0 Å². The first-order valence-electron chi connectivity index (χ1n) is 5.86. The number of nitrogens with one attached hydrogen (secondary N) is 1. The molecule has 0 saturated carbocycles. The van der Waals surface area contributed by atoms with Gasteiger partial charge in [0.05, 0.1) is 12.1 Å². The van der Waals surface area contributed by atoms with Gasteiger partial charge in [0.1, 0.15) is 5.82 Å². The lowest BCUT2D eigenvalue weighted by Gasteiger charge is -2.17. The van der Waals surface area contributed by atoms with Gasteiger partial charge in [-0.15, -0.1) is 0 Å². The van der Waals surface area contributed by atoms with Crippen molar-refractivity contribution in [3.63, 3.8) is 0 Å². The Balaban J connectivity index is 1.88. The van der Waals surface area contributed by atoms with Gasteiger partial charge in [-0.25, -0.2) is 10.4 Å². The predicted molar refractivity (Wildman–Crippen MR) is 61.5 cm³/mol. The molecular formula is C11H20N4O. The monoisotopic (exact) mass is 224 g/mol. The smallest absolute Gasteiger partial charge is 0.126 e. The van der Waals surface area contributed by atoms with E-state index in [0.29, 0.717) is 6.10 Å². The van der Waals surface area contributed by atoms with Crippen molar-refractivity contribution >= 4 is 0 Å². The Morgan fingerprint density at radius 1 is 1.75 bits per heavy atom. The van der Waals surface area contributed by atoms with Gasteiger partial charge in [0.2, 0.25) is 0 Å². The van der Waals surface area contributed by atoms with Crippen LogP contribution in [0.5, 0.6) is 0 Å². The molecule has 1 aliphatic rings. The third-order valence-electron chi connectivity index (χ3n) is 3.17. The van der Waals surface area contributed by atoms with Crippen molar-refractivity contribution in [2.24, 2.45) is 12.9 Å². The number of ether oxygens (including phenoxy) is 1. The predicted octanol–water partition coefficient (Wildman–Crippen LogP) is 0.884. The van der Waals surface area contributed by atoms with Gasteiger partial charge in [0.25, 0.3) is 0 Å². The molecule has 1 saturated heterocycles. The van der Waals surface area contributed by atoms with E-state index in [9.17, 15) is 0 Å². The number of rotatable bonds is 5. The number of imidazole rings is 1. The Hall–Kier alpha value is -0.910. The number of nitrogens with two attached hydrogens (primary N) is 1. The molecule has 0 aliphatic carbocycles. The molecule has 1 fully saturated rings. The highest BCUT2D eigenvalue weighted by atomic mass is 16.5. The van der Waals surface area contributed by atoms with Crippen LogP contribution in [0.15, 0.2) is 12.4 Å². The molecule has 1 aliphatic heterocycles. The van der Waals surface area contributed by atoms with Gasteiger partial charge in [0, 0.05) is 26.0 Å². The molecule has 5 nitrogen and oxygen atoms in total. The molecule has 2 unspecified atom stereocenters. The van der Waals surface area contributed by atoms with Crippen LogP contribution < -0.4 is 11.3 Å². The number of hydrogen-bond acceptors (Lipinski definition) is 4. The molecule has 0 bridgehead atoms. The summed E-state index contributed by atoms with van der Waals surface area (Å²) in [7, 11) is 1.98. The number of aromatic nitrogens is 2. The van der Waals surface area contributed by atoms with Crippen molar-refractivity contribution in [3.8, 4) is 0 Å². The molecule has 2 atom stereocenters. The molecule has 3 N–H and O–H groups in total. The summed E-state index contributed by atoms with van der Waals surface area (Å²) in [6.45, 7) is 0.911. The lowest BCUT2D eigenvalue weighted by atomic mass is 10.1. The maximum absolute atomic E-state index is 5.60. The molecule has 2 rings (SSSR count). The molecule has 5 heteroatoms.